The van der Waals surface area contributed by atoms with Gasteiger partial charge in [0.25, 0.3) is 0 Å². The van der Waals surface area contributed by atoms with Crippen LogP contribution in [0.2, 0.25) is 0 Å². The molecule has 1 heteroatoms. The van der Waals surface area contributed by atoms with Gasteiger partial charge in [0.05, 0.1) is 0 Å². The Labute approximate surface area is 84.3 Å². The van der Waals surface area contributed by atoms with Gasteiger partial charge in [-0.3, -0.25) is 0 Å². The van der Waals surface area contributed by atoms with Gasteiger partial charge in [-0.2, -0.15) is 0 Å². The molecule has 0 fully saturated rings. The minimum absolute atomic E-state index is 0.751. The number of hydrogen-bond acceptors (Lipinski definition) is 1. The van der Waals surface area contributed by atoms with Crippen molar-refractivity contribution in [2.45, 2.75) is 65.8 Å². The molecule has 0 aromatic carbocycles. The summed E-state index contributed by atoms with van der Waals surface area (Å²) in [6.07, 6.45) is 6.76. The molecule has 0 aliphatic carbocycles. The van der Waals surface area contributed by atoms with Gasteiger partial charge in [0, 0.05) is 6.04 Å². The van der Waals surface area contributed by atoms with E-state index in [2.05, 4.69) is 33.0 Å². The summed E-state index contributed by atoms with van der Waals surface area (Å²) in [5.74, 6) is 0.830. The second kappa shape index (κ2) is 8.55. The average Bonchev–Trinajstić information content (AvgIpc) is 2.16. The van der Waals surface area contributed by atoms with E-state index >= 15 is 0 Å². The van der Waals surface area contributed by atoms with Crippen molar-refractivity contribution in [2.75, 3.05) is 6.54 Å². The lowest BCUT2D eigenvalue weighted by atomic mass is 9.94. The fourth-order valence-electron chi connectivity index (χ4n) is 1.75. The van der Waals surface area contributed by atoms with Crippen molar-refractivity contribution in [3.63, 3.8) is 0 Å². The van der Waals surface area contributed by atoms with Gasteiger partial charge in [-0.05, 0) is 18.9 Å². The van der Waals surface area contributed by atoms with Gasteiger partial charge in [0.2, 0.25) is 0 Å². The van der Waals surface area contributed by atoms with Crippen LogP contribution in [0.3, 0.4) is 0 Å². The van der Waals surface area contributed by atoms with Crippen molar-refractivity contribution in [3.05, 3.63) is 0 Å². The van der Waals surface area contributed by atoms with Gasteiger partial charge in [0.1, 0.15) is 0 Å². The van der Waals surface area contributed by atoms with Crippen LogP contribution in [0.25, 0.3) is 0 Å². The maximum Gasteiger partial charge on any atom is 0.00924 e. The van der Waals surface area contributed by atoms with E-state index in [1.54, 1.807) is 0 Å². The Morgan fingerprint density at radius 2 is 1.77 bits per heavy atom. The van der Waals surface area contributed by atoms with Crippen molar-refractivity contribution in [1.82, 2.24) is 5.32 Å². The summed E-state index contributed by atoms with van der Waals surface area (Å²) < 4.78 is 0. The standard InChI is InChI=1S/C12H27N/c1-5-8-9-10-12(13-7-3)11(4)6-2/h11-13H,5-10H2,1-4H3. The summed E-state index contributed by atoms with van der Waals surface area (Å²) in [6, 6.07) is 0.751. The summed E-state index contributed by atoms with van der Waals surface area (Å²) in [5.41, 5.74) is 0. The van der Waals surface area contributed by atoms with Crippen molar-refractivity contribution >= 4 is 0 Å². The normalized spacial score (nSPS) is 15.7. The molecule has 0 saturated carbocycles. The van der Waals surface area contributed by atoms with E-state index < -0.39 is 0 Å². The van der Waals surface area contributed by atoms with Crippen LogP contribution < -0.4 is 5.32 Å². The van der Waals surface area contributed by atoms with Crippen LogP contribution in [-0.2, 0) is 0 Å². The number of nitrogens with one attached hydrogen (secondary N) is 1. The molecule has 0 heterocycles. The molecule has 1 nitrogen and oxygen atoms in total. The fraction of sp³-hybridized carbons (Fsp3) is 1.00. The second-order valence-corrected chi connectivity index (χ2v) is 4.05. The highest BCUT2D eigenvalue weighted by atomic mass is 14.9. The van der Waals surface area contributed by atoms with E-state index in [4.69, 9.17) is 0 Å². The molecule has 13 heavy (non-hydrogen) atoms. The smallest absolute Gasteiger partial charge is 0.00924 e. The molecule has 0 aromatic rings. The summed E-state index contributed by atoms with van der Waals surface area (Å²) in [6.45, 7) is 10.2. The van der Waals surface area contributed by atoms with Gasteiger partial charge in [-0.1, -0.05) is 53.4 Å². The first kappa shape index (κ1) is 13.0. The molecule has 0 spiro atoms. The van der Waals surface area contributed by atoms with E-state index in [-0.39, 0.29) is 0 Å². The van der Waals surface area contributed by atoms with Gasteiger partial charge >= 0.3 is 0 Å². The molecule has 0 rings (SSSR count). The van der Waals surface area contributed by atoms with Crippen molar-refractivity contribution in [1.29, 1.82) is 0 Å². The molecule has 1 N–H and O–H groups in total. The average molecular weight is 185 g/mol. The third-order valence-corrected chi connectivity index (χ3v) is 2.92. The van der Waals surface area contributed by atoms with Gasteiger partial charge < -0.3 is 5.32 Å². The first-order valence-corrected chi connectivity index (χ1v) is 5.99. The minimum atomic E-state index is 0.751. The lowest BCUT2D eigenvalue weighted by Gasteiger charge is -2.23. The molecule has 0 saturated heterocycles. The van der Waals surface area contributed by atoms with Gasteiger partial charge in [-0.15, -0.1) is 0 Å². The van der Waals surface area contributed by atoms with Gasteiger partial charge in [0.15, 0.2) is 0 Å². The van der Waals surface area contributed by atoms with Gasteiger partial charge in [-0.25, -0.2) is 0 Å². The number of unbranched alkanes of at least 4 members (excludes halogenated alkanes) is 2. The van der Waals surface area contributed by atoms with Crippen LogP contribution in [0.5, 0.6) is 0 Å². The lowest BCUT2D eigenvalue weighted by Crippen LogP contribution is -2.34. The fourth-order valence-corrected chi connectivity index (χ4v) is 1.75. The molecule has 0 aromatic heterocycles. The number of hydrogen-bond donors (Lipinski definition) is 1. The Kier molecular flexibility index (Phi) is 8.53. The highest BCUT2D eigenvalue weighted by Gasteiger charge is 2.13. The zero-order valence-electron chi connectivity index (χ0n) is 9.90. The predicted molar refractivity (Wildman–Crippen MR) is 61.1 cm³/mol. The Morgan fingerprint density at radius 1 is 1.08 bits per heavy atom. The molecule has 2 atom stereocenters. The second-order valence-electron chi connectivity index (χ2n) is 4.05. The third kappa shape index (κ3) is 6.09. The van der Waals surface area contributed by atoms with E-state index in [9.17, 15) is 0 Å². The highest BCUT2D eigenvalue weighted by molar-refractivity contribution is 4.71. The zero-order valence-corrected chi connectivity index (χ0v) is 9.90. The highest BCUT2D eigenvalue weighted by Crippen LogP contribution is 2.14. The van der Waals surface area contributed by atoms with Crippen LogP contribution in [-0.4, -0.2) is 12.6 Å². The van der Waals surface area contributed by atoms with Crippen LogP contribution >= 0.6 is 0 Å². The Bertz CT molecular complexity index is 101. The SMILES string of the molecule is CCCCCC(NCC)C(C)CC. The quantitative estimate of drug-likeness (QED) is 0.570. The minimum Gasteiger partial charge on any atom is -0.314 e. The summed E-state index contributed by atoms with van der Waals surface area (Å²) in [5, 5.41) is 3.59. The van der Waals surface area contributed by atoms with Crippen molar-refractivity contribution < 1.29 is 0 Å². The summed E-state index contributed by atoms with van der Waals surface area (Å²) in [7, 11) is 0. The van der Waals surface area contributed by atoms with E-state index in [1.807, 2.05) is 0 Å². The first-order valence-electron chi connectivity index (χ1n) is 5.99. The van der Waals surface area contributed by atoms with E-state index in [0.29, 0.717) is 0 Å². The van der Waals surface area contributed by atoms with Crippen LogP contribution in [0.1, 0.15) is 59.8 Å². The van der Waals surface area contributed by atoms with Crippen LogP contribution in [0, 0.1) is 5.92 Å². The Hall–Kier alpha value is -0.0400. The predicted octanol–water partition coefficient (Wildman–Crippen LogP) is 3.59. The molecular weight excluding hydrogens is 158 g/mol. The molecule has 2 unspecified atom stereocenters. The molecule has 80 valence electrons. The molecule has 0 aliphatic rings. The van der Waals surface area contributed by atoms with Crippen molar-refractivity contribution in [2.24, 2.45) is 5.92 Å². The summed E-state index contributed by atoms with van der Waals surface area (Å²) in [4.78, 5) is 0. The van der Waals surface area contributed by atoms with Crippen LogP contribution in [0.15, 0.2) is 0 Å². The molecule has 0 bridgehead atoms. The number of rotatable bonds is 8. The lowest BCUT2D eigenvalue weighted by molar-refractivity contribution is 0.344. The third-order valence-electron chi connectivity index (χ3n) is 2.92. The van der Waals surface area contributed by atoms with E-state index in [1.165, 1.54) is 32.1 Å². The van der Waals surface area contributed by atoms with E-state index in [0.717, 1.165) is 18.5 Å². The first-order chi connectivity index (χ1) is 6.26. The van der Waals surface area contributed by atoms with Crippen molar-refractivity contribution in [3.8, 4) is 0 Å². The topological polar surface area (TPSA) is 12.0 Å². The Morgan fingerprint density at radius 3 is 2.23 bits per heavy atom. The molecule has 0 aliphatic heterocycles. The Balaban J connectivity index is 3.65. The molecule has 0 amide bonds. The largest absolute Gasteiger partial charge is 0.314 e. The summed E-state index contributed by atoms with van der Waals surface area (Å²) >= 11 is 0. The maximum atomic E-state index is 3.59. The maximum absolute atomic E-state index is 3.59. The molecular formula is C12H27N. The van der Waals surface area contributed by atoms with Crippen LogP contribution in [0.4, 0.5) is 0 Å². The zero-order chi connectivity index (χ0) is 10.1. The molecule has 0 radical (unpaired) electrons. The monoisotopic (exact) mass is 185 g/mol.